The summed E-state index contributed by atoms with van der Waals surface area (Å²) in [5, 5.41) is 5.65. The van der Waals surface area contributed by atoms with Gasteiger partial charge in [-0.25, -0.2) is 0 Å². The molecule has 0 aliphatic heterocycles. The van der Waals surface area contributed by atoms with Gasteiger partial charge in [-0.1, -0.05) is 6.07 Å². The molecule has 2 aromatic carbocycles. The van der Waals surface area contributed by atoms with Crippen LogP contribution in [0.2, 0.25) is 0 Å². The predicted molar refractivity (Wildman–Crippen MR) is 135 cm³/mol. The first-order valence-electron chi connectivity index (χ1n) is 11.4. The zero-order valence-corrected chi connectivity index (χ0v) is 20.5. The van der Waals surface area contributed by atoms with Crippen molar-refractivity contribution in [3.8, 4) is 28.4 Å². The Morgan fingerprint density at radius 2 is 1.81 bits per heavy atom. The molecule has 1 aliphatic rings. The van der Waals surface area contributed by atoms with E-state index in [4.69, 9.17) is 14.2 Å². The number of aromatic nitrogens is 1. The number of aryl methyl sites for hydroxylation is 1. The third-order valence-corrected chi connectivity index (χ3v) is 6.08. The molecule has 2 amide bonds. The molecule has 0 spiro atoms. The number of nitrogens with zero attached hydrogens (tertiary/aromatic N) is 1. The summed E-state index contributed by atoms with van der Waals surface area (Å²) in [6, 6.07) is 9.40. The van der Waals surface area contributed by atoms with E-state index in [0.717, 1.165) is 5.56 Å². The topological polar surface area (TPSA) is 116 Å². The maximum Gasteiger partial charge on any atom is 0.259 e. The van der Waals surface area contributed by atoms with E-state index in [0.29, 0.717) is 52.5 Å². The Morgan fingerprint density at radius 1 is 1.03 bits per heavy atom. The lowest BCUT2D eigenvalue weighted by molar-refractivity contribution is -0.119. The molecule has 1 aromatic heterocycles. The van der Waals surface area contributed by atoms with Crippen LogP contribution in [0.5, 0.6) is 17.2 Å². The van der Waals surface area contributed by atoms with Crippen molar-refractivity contribution in [1.29, 1.82) is 0 Å². The minimum atomic E-state index is -0.561. The minimum Gasteiger partial charge on any atom is -0.493 e. The number of fused-ring (bicyclic) bond motifs is 3. The summed E-state index contributed by atoms with van der Waals surface area (Å²) in [7, 11) is 4.60. The summed E-state index contributed by atoms with van der Waals surface area (Å²) < 4.78 is 16.9. The Hall–Kier alpha value is -4.40. The van der Waals surface area contributed by atoms with Crippen LogP contribution in [0.4, 0.5) is 5.69 Å². The average Bonchev–Trinajstić information content (AvgIpc) is 3.12. The summed E-state index contributed by atoms with van der Waals surface area (Å²) in [5.74, 6) is 0.568. The van der Waals surface area contributed by atoms with Crippen LogP contribution >= 0.6 is 0 Å². The van der Waals surface area contributed by atoms with Gasteiger partial charge in [0.15, 0.2) is 16.9 Å². The van der Waals surface area contributed by atoms with E-state index in [-0.39, 0.29) is 11.5 Å². The van der Waals surface area contributed by atoms with Crippen molar-refractivity contribution in [1.82, 2.24) is 10.3 Å². The number of rotatable bonds is 6. The second-order valence-corrected chi connectivity index (χ2v) is 8.29. The van der Waals surface area contributed by atoms with Crippen molar-refractivity contribution >= 4 is 17.5 Å². The lowest BCUT2D eigenvalue weighted by Crippen LogP contribution is -2.27. The summed E-state index contributed by atoms with van der Waals surface area (Å²) in [6.07, 6.45) is 4.19. The first kappa shape index (κ1) is 24.7. The highest BCUT2D eigenvalue weighted by molar-refractivity contribution is 6.04. The standard InChI is InChI=1S/C27H27N3O6/c1-15(31)29-21-10-7-16-12-23(34-2)25(35-3)26(36-4)24(16)18-8-9-19(22(32)13-20(18)21)27(33)30-17-6-5-11-28-14-17/h5-6,8-9,11-14,21H,7,10H2,1-4H3,(H,29,31)(H,30,33)/t21-/m0/s1. The van der Waals surface area contributed by atoms with E-state index >= 15 is 0 Å². The van der Waals surface area contributed by atoms with Crippen LogP contribution in [0.3, 0.4) is 0 Å². The van der Waals surface area contributed by atoms with Crippen molar-refractivity contribution in [2.24, 2.45) is 0 Å². The lowest BCUT2D eigenvalue weighted by Gasteiger charge is -2.19. The Labute approximate surface area is 208 Å². The molecular weight excluding hydrogens is 462 g/mol. The molecule has 0 radical (unpaired) electrons. The van der Waals surface area contributed by atoms with Crippen LogP contribution in [0.15, 0.2) is 53.6 Å². The molecule has 0 saturated heterocycles. The number of hydrogen-bond acceptors (Lipinski definition) is 7. The largest absolute Gasteiger partial charge is 0.493 e. The fraction of sp³-hybridized carbons (Fsp3) is 0.259. The lowest BCUT2D eigenvalue weighted by atomic mass is 9.95. The molecule has 1 aliphatic carbocycles. The van der Waals surface area contributed by atoms with Crippen LogP contribution < -0.4 is 30.3 Å². The van der Waals surface area contributed by atoms with Gasteiger partial charge < -0.3 is 24.8 Å². The van der Waals surface area contributed by atoms with E-state index in [2.05, 4.69) is 15.6 Å². The number of nitrogens with one attached hydrogen (secondary N) is 2. The predicted octanol–water partition coefficient (Wildman–Crippen LogP) is 3.51. The van der Waals surface area contributed by atoms with Crippen LogP contribution in [0.1, 0.15) is 40.9 Å². The van der Waals surface area contributed by atoms with Gasteiger partial charge in [0.1, 0.15) is 0 Å². The van der Waals surface area contributed by atoms with E-state index in [1.807, 2.05) is 6.07 Å². The van der Waals surface area contributed by atoms with E-state index in [1.165, 1.54) is 39.5 Å². The van der Waals surface area contributed by atoms with E-state index in [9.17, 15) is 14.4 Å². The summed E-state index contributed by atoms with van der Waals surface area (Å²) in [4.78, 5) is 42.3. The monoisotopic (exact) mass is 489 g/mol. The molecule has 186 valence electrons. The number of methoxy groups -OCH3 is 3. The Balaban J connectivity index is 1.96. The van der Waals surface area contributed by atoms with Gasteiger partial charge in [0, 0.05) is 18.7 Å². The maximum absolute atomic E-state index is 13.3. The number of carbonyl (C=O) groups is 2. The molecule has 2 N–H and O–H groups in total. The number of hydrogen-bond donors (Lipinski definition) is 2. The highest BCUT2D eigenvalue weighted by Gasteiger charge is 2.29. The zero-order chi connectivity index (χ0) is 25.8. The average molecular weight is 490 g/mol. The second kappa shape index (κ2) is 10.5. The molecule has 4 rings (SSSR count). The minimum absolute atomic E-state index is 0.0468. The zero-order valence-electron chi connectivity index (χ0n) is 20.5. The summed E-state index contributed by atoms with van der Waals surface area (Å²) in [5.41, 5.74) is 2.79. The third kappa shape index (κ3) is 4.72. The van der Waals surface area contributed by atoms with Crippen molar-refractivity contribution in [2.75, 3.05) is 26.6 Å². The number of benzene rings is 1. The van der Waals surface area contributed by atoms with Crippen LogP contribution in [-0.2, 0) is 11.2 Å². The number of ether oxygens (including phenoxy) is 3. The quantitative estimate of drug-likeness (QED) is 0.544. The fourth-order valence-corrected chi connectivity index (χ4v) is 4.53. The molecule has 0 bridgehead atoms. The first-order chi connectivity index (χ1) is 17.4. The third-order valence-electron chi connectivity index (χ3n) is 6.08. The molecule has 9 nitrogen and oxygen atoms in total. The van der Waals surface area contributed by atoms with Gasteiger partial charge in [-0.3, -0.25) is 19.4 Å². The van der Waals surface area contributed by atoms with Gasteiger partial charge in [-0.05, 0) is 59.9 Å². The van der Waals surface area contributed by atoms with Crippen LogP contribution in [0, 0.1) is 0 Å². The molecule has 36 heavy (non-hydrogen) atoms. The smallest absolute Gasteiger partial charge is 0.259 e. The second-order valence-electron chi connectivity index (χ2n) is 8.29. The molecule has 1 heterocycles. The van der Waals surface area contributed by atoms with Crippen molar-refractivity contribution in [3.05, 3.63) is 75.7 Å². The van der Waals surface area contributed by atoms with Crippen LogP contribution in [0.25, 0.3) is 11.1 Å². The van der Waals surface area contributed by atoms with Gasteiger partial charge in [0.05, 0.1) is 44.8 Å². The molecule has 9 heteroatoms. The van der Waals surface area contributed by atoms with Gasteiger partial charge >= 0.3 is 0 Å². The normalized spacial score (nSPS) is 13.9. The molecule has 1 atom stereocenters. The summed E-state index contributed by atoms with van der Waals surface area (Å²) in [6.45, 7) is 1.43. The summed E-state index contributed by atoms with van der Waals surface area (Å²) >= 11 is 0. The maximum atomic E-state index is 13.3. The van der Waals surface area contributed by atoms with Crippen molar-refractivity contribution in [2.45, 2.75) is 25.8 Å². The number of anilines is 1. The first-order valence-corrected chi connectivity index (χ1v) is 11.4. The van der Waals surface area contributed by atoms with Crippen LogP contribution in [-0.4, -0.2) is 38.1 Å². The number of amides is 2. The SMILES string of the molecule is COc1cc2c(c(OC)c1OC)-c1ccc(C(=O)Nc3cccnc3)c(=O)cc1[C@@H](NC(C)=O)CC2. The molecule has 0 unspecified atom stereocenters. The Morgan fingerprint density at radius 3 is 2.44 bits per heavy atom. The van der Waals surface area contributed by atoms with Gasteiger partial charge in [0.2, 0.25) is 11.7 Å². The van der Waals surface area contributed by atoms with Gasteiger partial charge in [-0.2, -0.15) is 0 Å². The molecule has 3 aromatic rings. The Kier molecular flexibility index (Phi) is 7.19. The number of carbonyl (C=O) groups excluding carboxylic acids is 2. The van der Waals surface area contributed by atoms with Gasteiger partial charge in [0.25, 0.3) is 5.91 Å². The highest BCUT2D eigenvalue weighted by Crippen LogP contribution is 2.50. The van der Waals surface area contributed by atoms with Crippen molar-refractivity contribution in [3.63, 3.8) is 0 Å². The highest BCUT2D eigenvalue weighted by atomic mass is 16.5. The number of pyridine rings is 1. The van der Waals surface area contributed by atoms with E-state index in [1.54, 1.807) is 31.5 Å². The fourth-order valence-electron chi connectivity index (χ4n) is 4.53. The van der Waals surface area contributed by atoms with E-state index < -0.39 is 17.4 Å². The molecule has 0 saturated carbocycles. The molecular formula is C27H27N3O6. The van der Waals surface area contributed by atoms with Gasteiger partial charge in [-0.15, -0.1) is 0 Å². The Bertz CT molecular complexity index is 1370. The molecule has 0 fully saturated rings. The van der Waals surface area contributed by atoms with Crippen molar-refractivity contribution < 1.29 is 23.8 Å².